The van der Waals surface area contributed by atoms with E-state index in [1.807, 2.05) is 43.3 Å². The van der Waals surface area contributed by atoms with Crippen LogP contribution < -0.4 is 5.32 Å². The summed E-state index contributed by atoms with van der Waals surface area (Å²) in [4.78, 5) is 36.5. The van der Waals surface area contributed by atoms with Gasteiger partial charge in [0.15, 0.2) is 11.9 Å². The lowest BCUT2D eigenvalue weighted by molar-refractivity contribution is -0.153. The summed E-state index contributed by atoms with van der Waals surface area (Å²) < 4.78 is 5.17. The normalized spacial score (nSPS) is 11.6. The van der Waals surface area contributed by atoms with Gasteiger partial charge in [-0.25, -0.2) is 0 Å². The smallest absolute Gasteiger partial charge is 0.307 e. The number of Topliss-reactive ketones (excluding diaryl/α,β-unsaturated/α-hetero) is 1. The van der Waals surface area contributed by atoms with Gasteiger partial charge in [0.2, 0.25) is 0 Å². The lowest BCUT2D eigenvalue weighted by atomic mass is 10.0. The minimum atomic E-state index is -0.934. The zero-order valence-corrected chi connectivity index (χ0v) is 18.1. The van der Waals surface area contributed by atoms with Crippen molar-refractivity contribution in [3.63, 3.8) is 0 Å². The number of hydrogen-bond acceptors (Lipinski definition) is 4. The van der Waals surface area contributed by atoms with E-state index in [-0.39, 0.29) is 18.6 Å². The van der Waals surface area contributed by atoms with E-state index in [4.69, 9.17) is 4.74 Å². The van der Waals surface area contributed by atoms with Crippen LogP contribution in [0.5, 0.6) is 0 Å². The number of benzene rings is 2. The van der Waals surface area contributed by atoms with Gasteiger partial charge >= 0.3 is 5.97 Å². The van der Waals surface area contributed by atoms with Crippen LogP contribution in [-0.4, -0.2) is 23.8 Å². The molecule has 0 aliphatic carbocycles. The molecule has 1 atom stereocenters. The SMILES string of the molecule is CCCCCc1ccc(C(=O)CCC(=O)O[C@@H](C)C(=O)Nc2ccc(C)cc2)cc1. The minimum Gasteiger partial charge on any atom is -0.453 e. The molecule has 0 unspecified atom stereocenters. The summed E-state index contributed by atoms with van der Waals surface area (Å²) in [6, 6.07) is 14.9. The molecule has 0 aliphatic rings. The van der Waals surface area contributed by atoms with Crippen molar-refractivity contribution in [3.8, 4) is 0 Å². The number of carbonyl (C=O) groups excluding carboxylic acids is 3. The Labute approximate surface area is 178 Å². The highest BCUT2D eigenvalue weighted by Gasteiger charge is 2.19. The van der Waals surface area contributed by atoms with E-state index in [1.165, 1.54) is 25.3 Å². The molecule has 0 fully saturated rings. The molecule has 160 valence electrons. The topological polar surface area (TPSA) is 72.5 Å². The first-order valence-electron chi connectivity index (χ1n) is 10.6. The van der Waals surface area contributed by atoms with E-state index in [0.29, 0.717) is 11.3 Å². The standard InChI is InChI=1S/C25H31NO4/c1-4-5-6-7-20-10-12-21(13-11-20)23(27)16-17-24(28)30-19(3)25(29)26-22-14-8-18(2)9-15-22/h8-15,19H,4-7,16-17H2,1-3H3,(H,26,29)/t19-/m0/s1. The third-order valence-electron chi connectivity index (χ3n) is 4.90. The summed E-state index contributed by atoms with van der Waals surface area (Å²) >= 11 is 0. The van der Waals surface area contributed by atoms with Crippen molar-refractivity contribution >= 4 is 23.3 Å². The van der Waals surface area contributed by atoms with Crippen molar-refractivity contribution in [2.45, 2.75) is 65.4 Å². The molecule has 0 aromatic heterocycles. The Kier molecular flexibility index (Phi) is 9.26. The third kappa shape index (κ3) is 7.82. The Morgan fingerprint density at radius 3 is 2.23 bits per heavy atom. The number of esters is 1. The molecule has 0 radical (unpaired) electrons. The molecule has 0 heterocycles. The number of rotatable bonds is 11. The van der Waals surface area contributed by atoms with Gasteiger partial charge in [0.05, 0.1) is 6.42 Å². The molecule has 5 heteroatoms. The third-order valence-corrected chi connectivity index (χ3v) is 4.90. The maximum absolute atomic E-state index is 12.3. The van der Waals surface area contributed by atoms with Crippen LogP contribution in [0, 0.1) is 6.92 Å². The van der Waals surface area contributed by atoms with E-state index in [0.717, 1.165) is 18.4 Å². The molecule has 0 spiro atoms. The van der Waals surface area contributed by atoms with Gasteiger partial charge in [-0.05, 0) is 44.4 Å². The second-order valence-corrected chi connectivity index (χ2v) is 7.56. The lowest BCUT2D eigenvalue weighted by Gasteiger charge is -2.13. The Morgan fingerprint density at radius 1 is 0.933 bits per heavy atom. The van der Waals surface area contributed by atoms with Crippen LogP contribution in [0.15, 0.2) is 48.5 Å². The highest BCUT2D eigenvalue weighted by atomic mass is 16.5. The number of nitrogens with one attached hydrogen (secondary N) is 1. The number of anilines is 1. The number of aryl methyl sites for hydroxylation is 2. The van der Waals surface area contributed by atoms with Gasteiger partial charge in [-0.15, -0.1) is 0 Å². The fourth-order valence-corrected chi connectivity index (χ4v) is 2.99. The zero-order valence-electron chi connectivity index (χ0n) is 18.1. The highest BCUT2D eigenvalue weighted by molar-refractivity contribution is 5.98. The average Bonchev–Trinajstić information content (AvgIpc) is 2.74. The largest absolute Gasteiger partial charge is 0.453 e. The Hall–Kier alpha value is -2.95. The minimum absolute atomic E-state index is 0.0559. The summed E-state index contributed by atoms with van der Waals surface area (Å²) in [5.41, 5.74) is 3.53. The summed E-state index contributed by atoms with van der Waals surface area (Å²) in [5, 5.41) is 2.71. The summed E-state index contributed by atoms with van der Waals surface area (Å²) in [6.07, 6.45) is 3.60. The number of carbonyl (C=O) groups is 3. The summed E-state index contributed by atoms with van der Waals surface area (Å²) in [6.45, 7) is 5.64. The number of unbranched alkanes of at least 4 members (excludes halogenated alkanes) is 2. The average molecular weight is 410 g/mol. The maximum Gasteiger partial charge on any atom is 0.307 e. The summed E-state index contributed by atoms with van der Waals surface area (Å²) in [5.74, 6) is -1.08. The first-order chi connectivity index (χ1) is 14.4. The van der Waals surface area contributed by atoms with Crippen molar-refractivity contribution < 1.29 is 19.1 Å². The second kappa shape index (κ2) is 11.9. The van der Waals surface area contributed by atoms with Gasteiger partial charge < -0.3 is 10.1 Å². The quantitative estimate of drug-likeness (QED) is 0.312. The van der Waals surface area contributed by atoms with Gasteiger partial charge in [0.25, 0.3) is 5.91 Å². The van der Waals surface area contributed by atoms with Gasteiger partial charge in [-0.3, -0.25) is 14.4 Å². The maximum atomic E-state index is 12.3. The van der Waals surface area contributed by atoms with Gasteiger partial charge in [0, 0.05) is 17.7 Å². The highest BCUT2D eigenvalue weighted by Crippen LogP contribution is 2.13. The zero-order chi connectivity index (χ0) is 21.9. The predicted molar refractivity (Wildman–Crippen MR) is 119 cm³/mol. The van der Waals surface area contributed by atoms with Crippen LogP contribution in [-0.2, 0) is 20.7 Å². The van der Waals surface area contributed by atoms with Crippen LogP contribution >= 0.6 is 0 Å². The van der Waals surface area contributed by atoms with Crippen LogP contribution in [0.2, 0.25) is 0 Å². The first-order valence-corrected chi connectivity index (χ1v) is 10.6. The van der Waals surface area contributed by atoms with Crippen molar-refractivity contribution in [2.75, 3.05) is 5.32 Å². The van der Waals surface area contributed by atoms with E-state index in [2.05, 4.69) is 12.2 Å². The lowest BCUT2D eigenvalue weighted by Crippen LogP contribution is -2.30. The van der Waals surface area contributed by atoms with Crippen LogP contribution in [0.25, 0.3) is 0 Å². The molecule has 2 aromatic carbocycles. The second-order valence-electron chi connectivity index (χ2n) is 7.56. The van der Waals surface area contributed by atoms with Crippen molar-refractivity contribution in [3.05, 3.63) is 65.2 Å². The number of ketones is 1. The molecular formula is C25H31NO4. The summed E-state index contributed by atoms with van der Waals surface area (Å²) in [7, 11) is 0. The molecule has 0 saturated carbocycles. The van der Waals surface area contributed by atoms with Gasteiger partial charge in [-0.2, -0.15) is 0 Å². The molecule has 30 heavy (non-hydrogen) atoms. The molecular weight excluding hydrogens is 378 g/mol. The first kappa shape index (κ1) is 23.3. The molecule has 5 nitrogen and oxygen atoms in total. The monoisotopic (exact) mass is 409 g/mol. The van der Waals surface area contributed by atoms with E-state index >= 15 is 0 Å². The molecule has 2 aromatic rings. The predicted octanol–water partition coefficient (Wildman–Crippen LogP) is 5.26. The van der Waals surface area contributed by atoms with E-state index in [1.54, 1.807) is 12.1 Å². The number of ether oxygens (including phenoxy) is 1. The van der Waals surface area contributed by atoms with Gasteiger partial charge in [0.1, 0.15) is 0 Å². The fourth-order valence-electron chi connectivity index (χ4n) is 2.99. The molecule has 1 amide bonds. The van der Waals surface area contributed by atoms with Gasteiger partial charge in [-0.1, -0.05) is 61.7 Å². The molecule has 0 saturated heterocycles. The molecule has 0 bridgehead atoms. The van der Waals surface area contributed by atoms with Crippen LogP contribution in [0.4, 0.5) is 5.69 Å². The molecule has 1 N–H and O–H groups in total. The number of hydrogen-bond donors (Lipinski definition) is 1. The molecule has 2 rings (SSSR count). The Bertz CT molecular complexity index is 840. The van der Waals surface area contributed by atoms with E-state index < -0.39 is 18.0 Å². The van der Waals surface area contributed by atoms with Crippen molar-refractivity contribution in [1.29, 1.82) is 0 Å². The van der Waals surface area contributed by atoms with Crippen LogP contribution in [0.3, 0.4) is 0 Å². The van der Waals surface area contributed by atoms with Crippen molar-refractivity contribution in [1.82, 2.24) is 0 Å². The fraction of sp³-hybridized carbons (Fsp3) is 0.400. The Morgan fingerprint density at radius 2 is 1.60 bits per heavy atom. The van der Waals surface area contributed by atoms with Crippen LogP contribution in [0.1, 0.15) is 67.4 Å². The number of amides is 1. The van der Waals surface area contributed by atoms with Crippen molar-refractivity contribution in [2.24, 2.45) is 0 Å². The Balaban J connectivity index is 1.75. The van der Waals surface area contributed by atoms with E-state index in [9.17, 15) is 14.4 Å². The molecule has 0 aliphatic heterocycles.